The van der Waals surface area contributed by atoms with Crippen LogP contribution in [0.4, 0.5) is 18.9 Å². The molecule has 40 heavy (non-hydrogen) atoms. The summed E-state index contributed by atoms with van der Waals surface area (Å²) in [6, 6.07) is 19.6. The summed E-state index contributed by atoms with van der Waals surface area (Å²) in [5, 5.41) is 6.87. The maximum Gasteiger partial charge on any atom is 0.416 e. The Balaban J connectivity index is 1.05. The topological polar surface area (TPSA) is 90.2 Å². The number of fused-ring (bicyclic) bond motifs is 1. The second kappa shape index (κ2) is 10.6. The number of carbonyl (C=O) groups excluding carboxylic acids is 2. The lowest BCUT2D eigenvalue weighted by Crippen LogP contribution is -2.13. The summed E-state index contributed by atoms with van der Waals surface area (Å²) in [5.74, 6) is 0.622. The fourth-order valence-electron chi connectivity index (χ4n) is 4.54. The van der Waals surface area contributed by atoms with Crippen molar-refractivity contribution in [2.45, 2.75) is 50.6 Å². The van der Waals surface area contributed by atoms with E-state index in [1.807, 2.05) is 6.07 Å². The first-order chi connectivity index (χ1) is 19.2. The number of nitrogens with one attached hydrogen (secondary N) is 2. The van der Waals surface area contributed by atoms with Crippen LogP contribution in [0.1, 0.15) is 45.8 Å². The lowest BCUT2D eigenvalue weighted by molar-refractivity contribution is -0.137. The van der Waals surface area contributed by atoms with Crippen molar-refractivity contribution in [1.29, 1.82) is 0 Å². The minimum atomic E-state index is -4.50. The Kier molecular flexibility index (Phi) is 6.94. The average molecular weight is 564 g/mol. The van der Waals surface area contributed by atoms with E-state index in [9.17, 15) is 22.8 Å². The van der Waals surface area contributed by atoms with Crippen molar-refractivity contribution in [3.05, 3.63) is 88.4 Å². The molecule has 10 heteroatoms. The number of anilines is 1. The Labute approximate surface area is 232 Å². The molecule has 1 aliphatic heterocycles. The van der Waals surface area contributed by atoms with Crippen LogP contribution in [0, 0.1) is 18.1 Å². The Hall–Kier alpha value is -3.94. The van der Waals surface area contributed by atoms with Crippen LogP contribution < -0.4 is 15.4 Å². The quantitative estimate of drug-likeness (QED) is 0.231. The number of ether oxygens (including phenoxy) is 1. The maximum atomic E-state index is 13.0. The van der Waals surface area contributed by atoms with Gasteiger partial charge in [-0.2, -0.15) is 13.2 Å². The lowest BCUT2D eigenvalue weighted by atomic mass is 10.1. The van der Waals surface area contributed by atoms with E-state index < -0.39 is 17.6 Å². The average Bonchev–Trinajstić information content (AvgIpc) is 3.85. The Morgan fingerprint density at radius 2 is 1.90 bits per heavy atom. The number of rotatable bonds is 10. The molecule has 1 saturated carbocycles. The highest BCUT2D eigenvalue weighted by molar-refractivity contribution is 7.18. The van der Waals surface area contributed by atoms with E-state index >= 15 is 0 Å². The number of hydrogen-bond donors (Lipinski definition) is 2. The Bertz CT molecular complexity index is 1580. The van der Waals surface area contributed by atoms with Crippen LogP contribution in [0.3, 0.4) is 0 Å². The van der Waals surface area contributed by atoms with Crippen molar-refractivity contribution >= 4 is 38.9 Å². The standard InChI is InChI=1S/C30H24F3N3O3S/c31-30(32,33)20-5-2-6-21(12-20)34-29(38)19-4-1-3-17(11-19)16-39-22-9-10-23-27(13-22)40-28(36-23)15-25-24(35-25)14-26(37)18-7-8-18/h1-6,11-13,18,24-25,35H,7-8,14-16H2,(H,34,38). The van der Waals surface area contributed by atoms with Gasteiger partial charge in [0.2, 0.25) is 0 Å². The molecule has 2 heterocycles. The zero-order valence-electron chi connectivity index (χ0n) is 21.2. The molecule has 6 nitrogen and oxygen atoms in total. The fourth-order valence-corrected chi connectivity index (χ4v) is 5.56. The van der Waals surface area contributed by atoms with E-state index in [1.165, 1.54) is 12.1 Å². The molecule has 204 valence electrons. The molecule has 1 aliphatic carbocycles. The second-order valence-corrected chi connectivity index (χ2v) is 11.2. The number of halogens is 3. The number of thiazole rings is 1. The van der Waals surface area contributed by atoms with E-state index in [2.05, 4.69) is 27.8 Å². The summed E-state index contributed by atoms with van der Waals surface area (Å²) in [4.78, 5) is 29.3. The summed E-state index contributed by atoms with van der Waals surface area (Å²) in [6.07, 6.45) is -1.05. The van der Waals surface area contributed by atoms with Gasteiger partial charge >= 0.3 is 6.18 Å². The number of nitrogens with zero attached hydrogens (tertiary/aromatic N) is 1. The number of aromatic nitrogens is 1. The van der Waals surface area contributed by atoms with E-state index in [4.69, 9.17) is 4.74 Å². The second-order valence-electron chi connectivity index (χ2n) is 10.1. The Morgan fingerprint density at radius 1 is 1.07 bits per heavy atom. The van der Waals surface area contributed by atoms with Gasteiger partial charge < -0.3 is 15.4 Å². The molecule has 0 bridgehead atoms. The first-order valence-electron chi connectivity index (χ1n) is 12.9. The largest absolute Gasteiger partial charge is 0.481 e. The number of ketones is 1. The van der Waals surface area contributed by atoms with Crippen molar-refractivity contribution in [3.63, 3.8) is 0 Å². The van der Waals surface area contributed by atoms with Crippen LogP contribution in [0.5, 0.6) is 5.75 Å². The van der Waals surface area contributed by atoms with Crippen molar-refractivity contribution in [3.8, 4) is 5.75 Å². The first kappa shape index (κ1) is 26.3. The van der Waals surface area contributed by atoms with Gasteiger partial charge in [0.1, 0.15) is 17.9 Å². The summed E-state index contributed by atoms with van der Waals surface area (Å²) in [6.45, 7) is 0.162. The summed E-state index contributed by atoms with van der Waals surface area (Å²) in [7, 11) is 0. The smallest absolute Gasteiger partial charge is 0.416 e. The molecule has 3 aromatic carbocycles. The van der Waals surface area contributed by atoms with Crippen molar-refractivity contribution in [1.82, 2.24) is 10.3 Å². The van der Waals surface area contributed by atoms with Crippen LogP contribution in [0.25, 0.3) is 10.2 Å². The zero-order valence-corrected chi connectivity index (χ0v) is 22.0. The maximum absolute atomic E-state index is 13.0. The van der Waals surface area contributed by atoms with Gasteiger partial charge in [-0.15, -0.1) is 11.3 Å². The van der Waals surface area contributed by atoms with E-state index in [0.29, 0.717) is 34.6 Å². The highest BCUT2D eigenvalue weighted by atomic mass is 32.1. The lowest BCUT2D eigenvalue weighted by Gasteiger charge is -2.10. The van der Waals surface area contributed by atoms with Gasteiger partial charge in [0.05, 0.1) is 15.3 Å². The summed E-state index contributed by atoms with van der Waals surface area (Å²) >= 11 is 1.56. The number of benzene rings is 2. The summed E-state index contributed by atoms with van der Waals surface area (Å²) in [5.41, 5.74) is 0.943. The molecule has 2 fully saturated rings. The molecular weight excluding hydrogens is 539 g/mol. The molecule has 2 aliphatic rings. The number of amides is 1. The molecule has 6 rings (SSSR count). The third kappa shape index (κ3) is 6.27. The van der Waals surface area contributed by atoms with Crippen LogP contribution in [-0.4, -0.2) is 28.8 Å². The predicted molar refractivity (Wildman–Crippen MR) is 144 cm³/mol. The molecule has 2 unspecified atom stereocenters. The Morgan fingerprint density at radius 3 is 2.70 bits per heavy atom. The van der Waals surface area contributed by atoms with Gasteiger partial charge in [-0.3, -0.25) is 9.59 Å². The van der Waals surface area contributed by atoms with Crippen molar-refractivity contribution in [2.75, 3.05) is 5.32 Å². The molecule has 2 atom stereocenters. The van der Waals surface area contributed by atoms with Crippen LogP contribution >= 0.6 is 11.3 Å². The molecule has 1 amide bonds. The van der Waals surface area contributed by atoms with Gasteiger partial charge in [0, 0.05) is 48.2 Å². The molecule has 0 spiro atoms. The summed E-state index contributed by atoms with van der Waals surface area (Å²) < 4.78 is 45.7. The predicted octanol–water partition coefficient (Wildman–Crippen LogP) is 6.00. The normalized spacial score (nSPS) is 18.3. The monoisotopic (exact) mass is 563 g/mol. The number of alkyl halides is 3. The van der Waals surface area contributed by atoms with E-state index in [0.717, 1.165) is 41.1 Å². The molecular formula is C30H24F3N3O3S. The van der Waals surface area contributed by atoms with Crippen LogP contribution in [0.2, 0.25) is 0 Å². The molecule has 1 saturated heterocycles. The third-order valence-corrected chi connectivity index (χ3v) is 7.97. The van der Waals surface area contributed by atoms with E-state index in [1.54, 1.807) is 35.6 Å². The van der Waals surface area contributed by atoms with E-state index in [-0.39, 0.29) is 30.3 Å². The third-order valence-electron chi connectivity index (χ3n) is 6.95. The van der Waals surface area contributed by atoms with Gasteiger partial charge in [0.15, 0.2) is 5.75 Å². The molecule has 2 N–H and O–H groups in total. The SMILES string of the molecule is O=C(Nc1cccc(C(F)(F)F)c1)c1cccc(COc2c#cc3nc(CC4NC4CC(=O)C4CC4)sc3c2)c1. The van der Waals surface area contributed by atoms with Crippen LogP contribution in [0.15, 0.2) is 54.6 Å². The minimum Gasteiger partial charge on any atom is -0.481 e. The van der Waals surface area contributed by atoms with Gasteiger partial charge in [-0.1, -0.05) is 18.2 Å². The van der Waals surface area contributed by atoms with Crippen molar-refractivity contribution in [2.24, 2.45) is 5.92 Å². The highest BCUT2D eigenvalue weighted by Crippen LogP contribution is 2.34. The zero-order chi connectivity index (χ0) is 27.9. The number of hydrogen-bond acceptors (Lipinski definition) is 6. The number of Topliss-reactive ketones (excluding diaryl/α,β-unsaturated/α-hetero) is 1. The van der Waals surface area contributed by atoms with Gasteiger partial charge in [0.25, 0.3) is 5.91 Å². The van der Waals surface area contributed by atoms with Crippen LogP contribution in [-0.2, 0) is 24.0 Å². The fraction of sp³-hybridized carbons (Fsp3) is 0.300. The first-order valence-corrected chi connectivity index (χ1v) is 13.8. The number of carbonyl (C=O) groups is 2. The molecule has 1 aromatic heterocycles. The van der Waals surface area contributed by atoms with Crippen molar-refractivity contribution < 1.29 is 27.5 Å². The molecule has 0 radical (unpaired) electrons. The van der Waals surface area contributed by atoms with Gasteiger partial charge in [-0.05, 0) is 60.9 Å². The molecule has 4 aromatic rings. The highest BCUT2D eigenvalue weighted by Gasteiger charge is 2.41. The van der Waals surface area contributed by atoms with Gasteiger partial charge in [-0.25, -0.2) is 4.98 Å². The minimum absolute atomic E-state index is 0.0589.